The maximum atomic E-state index is 14.8. The van der Waals surface area contributed by atoms with E-state index in [0.717, 1.165) is 24.3 Å². The molecule has 0 amide bonds. The lowest BCUT2D eigenvalue weighted by Gasteiger charge is -2.13. The van der Waals surface area contributed by atoms with Gasteiger partial charge in [-0.15, -0.1) is 0 Å². The first kappa shape index (κ1) is 41.8. The number of aryl methyl sites for hydroxylation is 1. The lowest BCUT2D eigenvalue weighted by Crippen LogP contribution is -2.15. The topological polar surface area (TPSA) is 142 Å². The molecule has 0 heterocycles. The highest BCUT2D eigenvalue weighted by atomic mass is 19.1. The van der Waals surface area contributed by atoms with Crippen molar-refractivity contribution in [1.82, 2.24) is 0 Å². The summed E-state index contributed by atoms with van der Waals surface area (Å²) in [5, 5.41) is 0. The summed E-state index contributed by atoms with van der Waals surface area (Å²) in [5.41, 5.74) is 0.438. The minimum atomic E-state index is -1.10. The summed E-state index contributed by atoms with van der Waals surface area (Å²) >= 11 is 0. The predicted octanol–water partition coefficient (Wildman–Crippen LogP) is 6.39. The van der Waals surface area contributed by atoms with Gasteiger partial charge in [-0.3, -0.25) is 0 Å². The molecule has 0 aliphatic heterocycles. The number of hydrogen-bond donors (Lipinski definition) is 0. The average Bonchev–Trinajstić information content (AvgIpc) is 3.15. The molecule has 3 aromatic carbocycles. The fraction of sp³-hybridized carbons (Fsp3) is 0.333. The van der Waals surface area contributed by atoms with Crippen LogP contribution in [0.4, 0.5) is 8.78 Å². The number of halogens is 2. The van der Waals surface area contributed by atoms with Gasteiger partial charge in [-0.1, -0.05) is 26.5 Å². The highest BCUT2D eigenvalue weighted by Crippen LogP contribution is 2.29. The van der Waals surface area contributed by atoms with Gasteiger partial charge in [-0.05, 0) is 79.4 Å². The fourth-order valence-electron chi connectivity index (χ4n) is 4.42. The molecular formula is C39H42F2O12. The van der Waals surface area contributed by atoms with E-state index in [4.69, 9.17) is 37.9 Å². The predicted molar refractivity (Wildman–Crippen MR) is 187 cm³/mol. The average molecular weight is 741 g/mol. The summed E-state index contributed by atoms with van der Waals surface area (Å²) in [4.78, 5) is 47.7. The molecule has 0 unspecified atom stereocenters. The molecule has 0 aliphatic rings. The summed E-state index contributed by atoms with van der Waals surface area (Å²) in [5.74, 6) is -4.64. The van der Waals surface area contributed by atoms with Crippen LogP contribution in [0.15, 0.2) is 79.9 Å². The molecule has 14 heteroatoms. The van der Waals surface area contributed by atoms with E-state index in [1.165, 1.54) is 12.1 Å². The smallest absolute Gasteiger partial charge is 0.343 e. The van der Waals surface area contributed by atoms with Gasteiger partial charge in [0.25, 0.3) is 0 Å². The lowest BCUT2D eigenvalue weighted by atomic mass is 10.1. The molecule has 0 N–H and O–H groups in total. The van der Waals surface area contributed by atoms with Crippen molar-refractivity contribution < 1.29 is 65.9 Å². The third-order valence-electron chi connectivity index (χ3n) is 6.99. The number of ether oxygens (including phenoxy) is 8. The van der Waals surface area contributed by atoms with Gasteiger partial charge in [0, 0.05) is 12.2 Å². The Labute approximate surface area is 306 Å². The molecule has 0 atom stereocenters. The molecule has 0 spiro atoms. The molecule has 0 radical (unpaired) electrons. The second kappa shape index (κ2) is 23.1. The molecule has 12 nitrogen and oxygen atoms in total. The lowest BCUT2D eigenvalue weighted by molar-refractivity contribution is -0.139. The van der Waals surface area contributed by atoms with Crippen LogP contribution >= 0.6 is 0 Å². The molecule has 3 aromatic rings. The van der Waals surface area contributed by atoms with E-state index in [9.17, 15) is 28.0 Å². The minimum absolute atomic E-state index is 0.00450. The second-order valence-electron chi connectivity index (χ2n) is 11.0. The van der Waals surface area contributed by atoms with E-state index >= 15 is 0 Å². The molecule has 53 heavy (non-hydrogen) atoms. The summed E-state index contributed by atoms with van der Waals surface area (Å²) < 4.78 is 71.6. The molecule has 0 bridgehead atoms. The normalized spacial score (nSPS) is 10.5. The van der Waals surface area contributed by atoms with Crippen LogP contribution in [-0.2, 0) is 35.0 Å². The Hall–Kier alpha value is -5.60. The van der Waals surface area contributed by atoms with E-state index in [1.54, 1.807) is 30.3 Å². The first-order valence-electron chi connectivity index (χ1n) is 16.8. The van der Waals surface area contributed by atoms with Crippen LogP contribution in [-0.4, -0.2) is 76.7 Å². The van der Waals surface area contributed by atoms with Crippen LogP contribution < -0.4 is 18.9 Å². The van der Waals surface area contributed by atoms with Gasteiger partial charge < -0.3 is 37.9 Å². The molecule has 284 valence electrons. The standard InChI is InChI=1S/C39H42F2O12/c1-4-9-28-24-31(52-38(44)27-10-12-30(13-11-27)48-16-7-8-17-49-35(42)5-2)14-15-34(28)53-39(45)29-25-32(40)37(33(41)26-29)51-23-21-47-19-18-46-20-22-50-36(43)6-3/h5-6,10-15,24-26H,2-4,7-9,16-23H2,1H3. The van der Waals surface area contributed by atoms with Gasteiger partial charge in [0.05, 0.1) is 50.8 Å². The monoisotopic (exact) mass is 740 g/mol. The number of unbranched alkanes of at least 4 members (excludes halogenated alkanes) is 1. The maximum Gasteiger partial charge on any atom is 0.343 e. The summed E-state index contributed by atoms with van der Waals surface area (Å²) in [6, 6.07) is 12.4. The van der Waals surface area contributed by atoms with E-state index < -0.39 is 41.3 Å². The zero-order chi connectivity index (χ0) is 38.4. The van der Waals surface area contributed by atoms with Crippen molar-refractivity contribution in [3.63, 3.8) is 0 Å². The van der Waals surface area contributed by atoms with E-state index in [2.05, 4.69) is 13.2 Å². The largest absolute Gasteiger partial charge is 0.494 e. The molecule has 0 saturated carbocycles. The molecule has 0 aromatic heterocycles. The highest BCUT2D eigenvalue weighted by molar-refractivity contribution is 5.92. The number of esters is 4. The Morgan fingerprint density at radius 3 is 1.83 bits per heavy atom. The Bertz CT molecular complexity index is 1670. The molecule has 0 aliphatic carbocycles. The number of carbonyl (C=O) groups excluding carboxylic acids is 4. The maximum absolute atomic E-state index is 14.8. The Balaban J connectivity index is 1.48. The Morgan fingerprint density at radius 2 is 1.19 bits per heavy atom. The van der Waals surface area contributed by atoms with Crippen molar-refractivity contribution in [1.29, 1.82) is 0 Å². The van der Waals surface area contributed by atoms with E-state index in [0.29, 0.717) is 43.6 Å². The van der Waals surface area contributed by atoms with Crippen LogP contribution in [0.5, 0.6) is 23.0 Å². The van der Waals surface area contributed by atoms with Gasteiger partial charge in [-0.25, -0.2) is 28.0 Å². The number of benzene rings is 3. The van der Waals surface area contributed by atoms with Crippen LogP contribution in [0.3, 0.4) is 0 Å². The van der Waals surface area contributed by atoms with Gasteiger partial charge in [0.2, 0.25) is 0 Å². The molecule has 0 fully saturated rings. The quantitative estimate of drug-likeness (QED) is 0.0435. The summed E-state index contributed by atoms with van der Waals surface area (Å²) in [7, 11) is 0. The number of rotatable bonds is 24. The summed E-state index contributed by atoms with van der Waals surface area (Å²) in [6.45, 7) is 9.62. The first-order chi connectivity index (χ1) is 25.6. The molecule has 0 saturated heterocycles. The molecular weight excluding hydrogens is 698 g/mol. The van der Waals surface area contributed by atoms with Crippen molar-refractivity contribution in [3.8, 4) is 23.0 Å². The first-order valence-corrected chi connectivity index (χ1v) is 16.8. The Kier molecular flexibility index (Phi) is 18.2. The van der Waals surface area contributed by atoms with E-state index in [1.807, 2.05) is 6.92 Å². The van der Waals surface area contributed by atoms with Crippen molar-refractivity contribution >= 4 is 23.9 Å². The zero-order valence-corrected chi connectivity index (χ0v) is 29.4. The van der Waals surface area contributed by atoms with Gasteiger partial charge >= 0.3 is 23.9 Å². The van der Waals surface area contributed by atoms with Gasteiger partial charge in [-0.2, -0.15) is 0 Å². The van der Waals surface area contributed by atoms with Crippen molar-refractivity contribution in [3.05, 3.63) is 108 Å². The van der Waals surface area contributed by atoms with Crippen molar-refractivity contribution in [2.75, 3.05) is 52.9 Å². The van der Waals surface area contributed by atoms with Crippen molar-refractivity contribution in [2.45, 2.75) is 32.6 Å². The zero-order valence-electron chi connectivity index (χ0n) is 29.4. The highest BCUT2D eigenvalue weighted by Gasteiger charge is 2.20. The summed E-state index contributed by atoms with van der Waals surface area (Å²) in [6.07, 6.45) is 4.54. The van der Waals surface area contributed by atoms with Crippen LogP contribution in [0.1, 0.15) is 52.5 Å². The van der Waals surface area contributed by atoms with Crippen LogP contribution in [0, 0.1) is 11.6 Å². The number of carbonyl (C=O) groups is 4. The fourth-order valence-corrected chi connectivity index (χ4v) is 4.42. The number of hydrogen-bond acceptors (Lipinski definition) is 12. The Morgan fingerprint density at radius 1 is 0.623 bits per heavy atom. The minimum Gasteiger partial charge on any atom is -0.494 e. The SMILES string of the molecule is C=CC(=O)OCCCCOc1ccc(C(=O)Oc2ccc(OC(=O)c3cc(F)c(OCCOCCOCCOC(=O)C=C)c(F)c3)c(CCC)c2)cc1. The second-order valence-corrected chi connectivity index (χ2v) is 11.0. The van der Waals surface area contributed by atoms with Crippen molar-refractivity contribution in [2.24, 2.45) is 0 Å². The van der Waals surface area contributed by atoms with E-state index in [-0.39, 0.29) is 68.9 Å². The van der Waals surface area contributed by atoms with Crippen LogP contribution in [0.25, 0.3) is 0 Å². The molecule has 3 rings (SSSR count). The van der Waals surface area contributed by atoms with Gasteiger partial charge in [0.15, 0.2) is 17.4 Å². The third-order valence-corrected chi connectivity index (χ3v) is 6.99. The van der Waals surface area contributed by atoms with Crippen LogP contribution in [0.2, 0.25) is 0 Å². The van der Waals surface area contributed by atoms with Gasteiger partial charge in [0.1, 0.15) is 30.5 Å². The third kappa shape index (κ3) is 14.9.